The molecule has 0 aliphatic carbocycles. The third-order valence-electron chi connectivity index (χ3n) is 3.32. The highest BCUT2D eigenvalue weighted by Crippen LogP contribution is 2.32. The average Bonchev–Trinajstić information content (AvgIpc) is 2.93. The van der Waals surface area contributed by atoms with Crippen LogP contribution in [0.5, 0.6) is 11.6 Å². The largest absolute Gasteiger partial charge is 0.435 e. The number of hydrogen-bond donors (Lipinski definition) is 0. The Hall–Kier alpha value is -2.00. The second-order valence-corrected chi connectivity index (χ2v) is 7.86. The van der Waals surface area contributed by atoms with Crippen molar-refractivity contribution in [3.05, 3.63) is 52.6 Å². The van der Waals surface area contributed by atoms with Crippen LogP contribution in [0.2, 0.25) is 0 Å². The van der Waals surface area contributed by atoms with E-state index in [9.17, 15) is 17.2 Å². The molecule has 0 aliphatic heterocycles. The Labute approximate surface area is 145 Å². The number of aromatic nitrogens is 2. The lowest BCUT2D eigenvalue weighted by atomic mass is 10.3. The quantitative estimate of drug-likeness (QED) is 0.642. The molecule has 24 heavy (non-hydrogen) atoms. The van der Waals surface area contributed by atoms with E-state index in [1.54, 1.807) is 6.92 Å². The molecule has 3 rings (SSSR count). The summed E-state index contributed by atoms with van der Waals surface area (Å²) in [6.07, 6.45) is 1.39. The molecule has 0 aliphatic rings. The predicted molar refractivity (Wildman–Crippen MR) is 88.7 cm³/mol. The number of pyridine rings is 1. The number of ether oxygens (including phenoxy) is 1. The molecule has 0 radical (unpaired) electrons. The van der Waals surface area contributed by atoms with Crippen LogP contribution in [-0.2, 0) is 10.0 Å². The van der Waals surface area contributed by atoms with Crippen LogP contribution in [0.3, 0.4) is 0 Å². The third kappa shape index (κ3) is 3.01. The fourth-order valence-corrected chi connectivity index (χ4v) is 3.47. The van der Waals surface area contributed by atoms with Crippen LogP contribution in [0.1, 0.15) is 6.92 Å². The lowest BCUT2D eigenvalue weighted by Gasteiger charge is -2.09. The van der Waals surface area contributed by atoms with Gasteiger partial charge >= 0.3 is 0 Å². The molecule has 0 spiro atoms. The van der Waals surface area contributed by atoms with E-state index in [1.165, 1.54) is 18.3 Å². The fraction of sp³-hybridized carbons (Fsp3) is 0.133. The Morgan fingerprint density at radius 1 is 1.25 bits per heavy atom. The van der Waals surface area contributed by atoms with Crippen molar-refractivity contribution < 1.29 is 21.9 Å². The van der Waals surface area contributed by atoms with Gasteiger partial charge in [-0.05, 0) is 47.1 Å². The van der Waals surface area contributed by atoms with Crippen molar-refractivity contribution in [1.29, 1.82) is 0 Å². The first kappa shape index (κ1) is 16.8. The van der Waals surface area contributed by atoms with Gasteiger partial charge in [-0.2, -0.15) is 0 Å². The molecule has 0 atom stereocenters. The normalized spacial score (nSPS) is 11.8. The molecule has 1 aromatic carbocycles. The molecule has 2 heterocycles. The summed E-state index contributed by atoms with van der Waals surface area (Å²) in [5.74, 6) is -1.80. The van der Waals surface area contributed by atoms with E-state index in [-0.39, 0.29) is 17.4 Å². The van der Waals surface area contributed by atoms with Crippen LogP contribution >= 0.6 is 15.9 Å². The van der Waals surface area contributed by atoms with Crippen molar-refractivity contribution in [1.82, 2.24) is 8.96 Å². The standard InChI is InChI=1S/C15H11BrF2N2O3S/c1-2-24(21,22)20-6-5-12-13(20)8-10(16)15(19-12)23-14-4-3-9(17)7-11(14)18/h3-8H,2H2,1H3. The van der Waals surface area contributed by atoms with Crippen molar-refractivity contribution in [3.63, 3.8) is 0 Å². The topological polar surface area (TPSA) is 61.2 Å². The number of benzene rings is 1. The van der Waals surface area contributed by atoms with Crippen molar-refractivity contribution in [2.24, 2.45) is 0 Å². The van der Waals surface area contributed by atoms with E-state index >= 15 is 0 Å². The molecular weight excluding hydrogens is 406 g/mol. The number of hydrogen-bond acceptors (Lipinski definition) is 4. The van der Waals surface area contributed by atoms with Gasteiger partial charge in [-0.3, -0.25) is 0 Å². The minimum absolute atomic E-state index is 0.0413. The SMILES string of the molecule is CCS(=O)(=O)n1ccc2nc(Oc3ccc(F)cc3F)c(Br)cc21. The maximum atomic E-state index is 13.7. The second kappa shape index (κ2) is 6.14. The van der Waals surface area contributed by atoms with E-state index < -0.39 is 21.7 Å². The molecule has 0 N–H and O–H groups in total. The van der Waals surface area contributed by atoms with Gasteiger partial charge in [0.25, 0.3) is 0 Å². The molecule has 0 saturated heterocycles. The molecule has 0 fully saturated rings. The van der Waals surface area contributed by atoms with Crippen molar-refractivity contribution >= 4 is 37.0 Å². The summed E-state index contributed by atoms with van der Waals surface area (Å²) in [7, 11) is -3.47. The van der Waals surface area contributed by atoms with Crippen LogP contribution in [0, 0.1) is 11.6 Å². The zero-order valence-corrected chi connectivity index (χ0v) is 14.7. The van der Waals surface area contributed by atoms with Gasteiger partial charge in [0.15, 0.2) is 11.6 Å². The zero-order chi connectivity index (χ0) is 17.5. The van der Waals surface area contributed by atoms with Crippen molar-refractivity contribution in [2.75, 3.05) is 5.75 Å². The van der Waals surface area contributed by atoms with Gasteiger partial charge in [0.05, 0.1) is 21.3 Å². The van der Waals surface area contributed by atoms with Gasteiger partial charge in [0, 0.05) is 12.3 Å². The Morgan fingerprint density at radius 3 is 2.67 bits per heavy atom. The molecule has 3 aromatic rings. The molecule has 0 bridgehead atoms. The summed E-state index contributed by atoms with van der Waals surface area (Å²) in [5.41, 5.74) is 0.739. The van der Waals surface area contributed by atoms with Gasteiger partial charge in [0.1, 0.15) is 5.82 Å². The van der Waals surface area contributed by atoms with Crippen LogP contribution in [-0.4, -0.2) is 23.1 Å². The first-order chi connectivity index (χ1) is 11.3. The molecule has 5 nitrogen and oxygen atoms in total. The summed E-state index contributed by atoms with van der Waals surface area (Å²) in [6.45, 7) is 1.54. The predicted octanol–water partition coefficient (Wildman–Crippen LogP) is 4.07. The van der Waals surface area contributed by atoms with E-state index in [4.69, 9.17) is 4.74 Å². The number of rotatable bonds is 4. The minimum Gasteiger partial charge on any atom is -0.435 e. The Kier molecular flexibility index (Phi) is 4.31. The summed E-state index contributed by atoms with van der Waals surface area (Å²) in [4.78, 5) is 4.19. The fourth-order valence-electron chi connectivity index (χ4n) is 2.11. The lowest BCUT2D eigenvalue weighted by molar-refractivity contribution is 0.423. The second-order valence-electron chi connectivity index (χ2n) is 4.87. The van der Waals surface area contributed by atoms with Gasteiger partial charge < -0.3 is 4.74 Å². The van der Waals surface area contributed by atoms with Crippen molar-refractivity contribution in [3.8, 4) is 11.6 Å². The maximum absolute atomic E-state index is 13.7. The Balaban J connectivity index is 2.06. The van der Waals surface area contributed by atoms with Gasteiger partial charge in [-0.25, -0.2) is 26.2 Å². The molecular formula is C15H11BrF2N2O3S. The van der Waals surface area contributed by atoms with Crippen LogP contribution in [0.25, 0.3) is 11.0 Å². The number of nitrogens with zero attached hydrogens (tertiary/aromatic N) is 2. The first-order valence-electron chi connectivity index (χ1n) is 6.85. The highest BCUT2D eigenvalue weighted by atomic mass is 79.9. The highest BCUT2D eigenvalue weighted by Gasteiger charge is 2.17. The van der Waals surface area contributed by atoms with Crippen LogP contribution in [0.4, 0.5) is 8.78 Å². The molecule has 126 valence electrons. The summed E-state index contributed by atoms with van der Waals surface area (Å²) in [6, 6.07) is 5.95. The summed E-state index contributed by atoms with van der Waals surface area (Å²) >= 11 is 3.23. The average molecular weight is 417 g/mol. The van der Waals surface area contributed by atoms with Gasteiger partial charge in [-0.15, -0.1) is 0 Å². The zero-order valence-electron chi connectivity index (χ0n) is 12.3. The lowest BCUT2D eigenvalue weighted by Crippen LogP contribution is -2.13. The van der Waals surface area contributed by atoms with Crippen molar-refractivity contribution in [2.45, 2.75) is 6.92 Å². The molecule has 2 aromatic heterocycles. The smallest absolute Gasteiger partial charge is 0.238 e. The number of halogens is 3. The molecule has 0 unspecified atom stereocenters. The highest BCUT2D eigenvalue weighted by molar-refractivity contribution is 9.10. The Bertz CT molecular complexity index is 1030. The Morgan fingerprint density at radius 2 is 2.00 bits per heavy atom. The maximum Gasteiger partial charge on any atom is 0.238 e. The van der Waals surface area contributed by atoms with E-state index in [0.29, 0.717) is 21.6 Å². The third-order valence-corrected chi connectivity index (χ3v) is 5.54. The van der Waals surface area contributed by atoms with Gasteiger partial charge in [-0.1, -0.05) is 0 Å². The van der Waals surface area contributed by atoms with Crippen LogP contribution < -0.4 is 4.74 Å². The molecule has 0 saturated carbocycles. The minimum atomic E-state index is -3.47. The number of fused-ring (bicyclic) bond motifs is 1. The van der Waals surface area contributed by atoms with E-state index in [0.717, 1.165) is 16.1 Å². The monoisotopic (exact) mass is 416 g/mol. The summed E-state index contributed by atoms with van der Waals surface area (Å²) in [5, 5.41) is 0. The van der Waals surface area contributed by atoms with E-state index in [2.05, 4.69) is 20.9 Å². The van der Waals surface area contributed by atoms with E-state index in [1.807, 2.05) is 0 Å². The first-order valence-corrected chi connectivity index (χ1v) is 9.26. The van der Waals surface area contributed by atoms with Gasteiger partial charge in [0.2, 0.25) is 15.9 Å². The summed E-state index contributed by atoms with van der Waals surface area (Å²) < 4.78 is 57.6. The molecule has 0 amide bonds. The molecule has 9 heteroatoms. The van der Waals surface area contributed by atoms with Crippen LogP contribution in [0.15, 0.2) is 41.0 Å².